The number of urea groups is 1. The van der Waals surface area contributed by atoms with E-state index in [9.17, 15) is 18.4 Å². The molecule has 0 saturated heterocycles. The Hall–Kier alpha value is -3.23. The van der Waals surface area contributed by atoms with Gasteiger partial charge in [-0.05, 0) is 49.4 Å². The van der Waals surface area contributed by atoms with Gasteiger partial charge in [-0.15, -0.1) is 0 Å². The van der Waals surface area contributed by atoms with Gasteiger partial charge in [0.05, 0.1) is 5.92 Å². The molecule has 3 rings (SSSR count). The van der Waals surface area contributed by atoms with Crippen LogP contribution in [-0.2, 0) is 4.79 Å². The number of carboxylic acid groups (broad SMARTS) is 1. The van der Waals surface area contributed by atoms with Crippen molar-refractivity contribution < 1.29 is 28.2 Å². The number of ether oxygens (including phenoxy) is 1. The number of rotatable bonds is 6. The zero-order chi connectivity index (χ0) is 24.4. The molecule has 2 aromatic rings. The molecular formula is C24H31F2N3O4. The Morgan fingerprint density at radius 2 is 1.67 bits per heavy atom. The Labute approximate surface area is 192 Å². The number of amides is 2. The van der Waals surface area contributed by atoms with Crippen LogP contribution in [0, 0.1) is 12.8 Å². The molecule has 0 radical (unpaired) electrons. The van der Waals surface area contributed by atoms with Crippen LogP contribution in [0.5, 0.6) is 5.88 Å². The molecule has 1 fully saturated rings. The summed E-state index contributed by atoms with van der Waals surface area (Å²) in [7, 11) is 0. The van der Waals surface area contributed by atoms with Crippen LogP contribution in [0.2, 0.25) is 0 Å². The molecule has 180 valence electrons. The van der Waals surface area contributed by atoms with Crippen LogP contribution in [0.4, 0.5) is 25.0 Å². The summed E-state index contributed by atoms with van der Waals surface area (Å²) in [6.45, 7) is 2.64. The number of carbonyl (C=O) groups excluding carboxylic acids is 1. The highest BCUT2D eigenvalue weighted by Crippen LogP contribution is 2.26. The van der Waals surface area contributed by atoms with Gasteiger partial charge in [-0.3, -0.25) is 4.79 Å². The van der Waals surface area contributed by atoms with Crippen LogP contribution in [0.1, 0.15) is 63.1 Å². The summed E-state index contributed by atoms with van der Waals surface area (Å²) in [6.07, 6.45) is 5.24. The average Bonchev–Trinajstić information content (AvgIpc) is 2.76. The summed E-state index contributed by atoms with van der Waals surface area (Å²) < 4.78 is 29.3. The highest BCUT2D eigenvalue weighted by atomic mass is 19.3. The molecule has 3 N–H and O–H groups in total. The minimum Gasteiger partial charge on any atom is -0.481 e. The number of hydrogen-bond donors (Lipinski definition) is 3. The van der Waals surface area contributed by atoms with Crippen molar-refractivity contribution >= 4 is 23.4 Å². The zero-order valence-electron chi connectivity index (χ0n) is 19.1. The second-order valence-electron chi connectivity index (χ2n) is 8.18. The second kappa shape index (κ2) is 12.7. The minimum atomic E-state index is -3.02. The number of halogens is 2. The van der Waals surface area contributed by atoms with Gasteiger partial charge in [0, 0.05) is 11.4 Å². The van der Waals surface area contributed by atoms with Gasteiger partial charge in [0.1, 0.15) is 5.69 Å². The molecule has 1 saturated carbocycles. The summed E-state index contributed by atoms with van der Waals surface area (Å²) in [5, 5.41) is 13.7. The molecule has 0 bridgehead atoms. The molecule has 9 heteroatoms. The predicted molar refractivity (Wildman–Crippen MR) is 123 cm³/mol. The fourth-order valence-corrected chi connectivity index (χ4v) is 3.54. The lowest BCUT2D eigenvalue weighted by molar-refractivity contribution is -0.142. The van der Waals surface area contributed by atoms with E-state index in [0.717, 1.165) is 31.2 Å². The number of alkyl halides is 2. The minimum absolute atomic E-state index is 0.0289. The maximum absolute atomic E-state index is 12.5. The number of nitrogens with one attached hydrogen (secondary N) is 2. The first-order chi connectivity index (χ1) is 15.7. The van der Waals surface area contributed by atoms with Crippen molar-refractivity contribution in [2.45, 2.75) is 65.4 Å². The third kappa shape index (κ3) is 8.67. The van der Waals surface area contributed by atoms with Gasteiger partial charge in [-0.1, -0.05) is 51.3 Å². The van der Waals surface area contributed by atoms with Gasteiger partial charge in [-0.25, -0.2) is 9.78 Å². The van der Waals surface area contributed by atoms with Gasteiger partial charge in [0.25, 0.3) is 0 Å². The normalized spacial score (nSPS) is 13.8. The number of carbonyl (C=O) groups is 2. The third-order valence-electron chi connectivity index (χ3n) is 5.23. The van der Waals surface area contributed by atoms with E-state index in [1.54, 1.807) is 25.1 Å². The molecule has 7 nitrogen and oxygen atoms in total. The first-order valence-electron chi connectivity index (χ1n) is 11.0. The van der Waals surface area contributed by atoms with Crippen LogP contribution in [-0.4, -0.2) is 28.7 Å². The monoisotopic (exact) mass is 463 g/mol. The summed E-state index contributed by atoms with van der Waals surface area (Å²) in [5.41, 5.74) is 2.20. The number of hydrogen-bond acceptors (Lipinski definition) is 4. The Balaban J connectivity index is 0.000000357. The summed E-state index contributed by atoms with van der Waals surface area (Å²) in [4.78, 5) is 26.4. The SMILES string of the molecule is Cc1ccc(NC(=O)Nc2ccccc2C(C)C)c(OC(F)F)n1.O=C(O)C1CCCCC1. The molecule has 1 aromatic heterocycles. The maximum atomic E-state index is 12.5. The van der Waals surface area contributed by atoms with E-state index in [2.05, 4.69) is 20.4 Å². The fraction of sp³-hybridized carbons (Fsp3) is 0.458. The van der Waals surface area contributed by atoms with Crippen molar-refractivity contribution in [1.29, 1.82) is 0 Å². The second-order valence-corrected chi connectivity index (χ2v) is 8.18. The van der Waals surface area contributed by atoms with E-state index in [4.69, 9.17) is 5.11 Å². The Bertz CT molecular complexity index is 932. The zero-order valence-corrected chi connectivity index (χ0v) is 19.1. The smallest absolute Gasteiger partial charge is 0.388 e. The Morgan fingerprint density at radius 3 is 2.24 bits per heavy atom. The lowest BCUT2D eigenvalue weighted by Crippen LogP contribution is -2.21. The van der Waals surface area contributed by atoms with Crippen molar-refractivity contribution in [2.24, 2.45) is 5.92 Å². The summed E-state index contributed by atoms with van der Waals surface area (Å²) >= 11 is 0. The molecule has 0 unspecified atom stereocenters. The Kier molecular flexibility index (Phi) is 10.0. The molecule has 1 heterocycles. The van der Waals surface area contributed by atoms with E-state index in [0.29, 0.717) is 11.4 Å². The molecule has 1 aliphatic carbocycles. The molecular weight excluding hydrogens is 432 g/mol. The van der Waals surface area contributed by atoms with Crippen LogP contribution in [0.15, 0.2) is 36.4 Å². The van der Waals surface area contributed by atoms with E-state index in [1.165, 1.54) is 12.5 Å². The van der Waals surface area contributed by atoms with E-state index in [-0.39, 0.29) is 23.4 Å². The number of anilines is 2. The van der Waals surface area contributed by atoms with E-state index in [1.807, 2.05) is 26.0 Å². The van der Waals surface area contributed by atoms with Gasteiger partial charge in [0.2, 0.25) is 5.88 Å². The Morgan fingerprint density at radius 1 is 1.03 bits per heavy atom. The number of pyridine rings is 1. The van der Waals surface area contributed by atoms with Crippen molar-refractivity contribution in [3.05, 3.63) is 47.7 Å². The van der Waals surface area contributed by atoms with Crippen molar-refractivity contribution in [1.82, 2.24) is 4.98 Å². The van der Waals surface area contributed by atoms with Crippen molar-refractivity contribution in [2.75, 3.05) is 10.6 Å². The molecule has 0 atom stereocenters. The number of nitrogens with zero attached hydrogens (tertiary/aromatic N) is 1. The number of aliphatic carboxylic acids is 1. The van der Waals surface area contributed by atoms with E-state index < -0.39 is 18.6 Å². The fourth-order valence-electron chi connectivity index (χ4n) is 3.54. The first kappa shape index (κ1) is 26.0. The first-order valence-corrected chi connectivity index (χ1v) is 11.0. The molecule has 1 aromatic carbocycles. The quantitative estimate of drug-likeness (QED) is 0.460. The number of aryl methyl sites for hydroxylation is 1. The van der Waals surface area contributed by atoms with Gasteiger partial charge in [-0.2, -0.15) is 8.78 Å². The van der Waals surface area contributed by atoms with Gasteiger partial charge in [0.15, 0.2) is 0 Å². The molecule has 2 amide bonds. The molecule has 0 aliphatic heterocycles. The van der Waals surface area contributed by atoms with Gasteiger partial charge >= 0.3 is 18.6 Å². The van der Waals surface area contributed by atoms with Crippen LogP contribution in [0.25, 0.3) is 0 Å². The van der Waals surface area contributed by atoms with Gasteiger partial charge < -0.3 is 20.5 Å². The van der Waals surface area contributed by atoms with Crippen molar-refractivity contribution in [3.8, 4) is 5.88 Å². The number of aromatic nitrogens is 1. The number of para-hydroxylation sites is 1. The highest BCUT2D eigenvalue weighted by molar-refractivity contribution is 6.01. The number of carboxylic acids is 1. The van der Waals surface area contributed by atoms with Crippen molar-refractivity contribution in [3.63, 3.8) is 0 Å². The average molecular weight is 464 g/mol. The summed E-state index contributed by atoms with van der Waals surface area (Å²) in [6, 6.07) is 9.88. The topological polar surface area (TPSA) is 101 Å². The number of benzene rings is 1. The molecule has 33 heavy (non-hydrogen) atoms. The highest BCUT2D eigenvalue weighted by Gasteiger charge is 2.19. The lowest BCUT2D eigenvalue weighted by atomic mass is 9.90. The lowest BCUT2D eigenvalue weighted by Gasteiger charge is -2.16. The summed E-state index contributed by atoms with van der Waals surface area (Å²) in [5.74, 6) is -0.731. The standard InChI is InChI=1S/C17H19F2N3O2.C7H12O2/c1-10(2)12-6-4-5-7-13(12)21-17(23)22-14-9-8-11(3)20-15(14)24-16(18)19;8-7(9)6-4-2-1-3-5-6/h4-10,16H,1-3H3,(H2,21,22,23);6H,1-5H2,(H,8,9). The third-order valence-corrected chi connectivity index (χ3v) is 5.23. The molecule has 1 aliphatic rings. The van der Waals surface area contributed by atoms with Crippen LogP contribution >= 0.6 is 0 Å². The predicted octanol–water partition coefficient (Wildman–Crippen LogP) is 6.41. The van der Waals surface area contributed by atoms with Crippen LogP contribution < -0.4 is 15.4 Å². The van der Waals surface area contributed by atoms with Crippen LogP contribution in [0.3, 0.4) is 0 Å². The molecule has 0 spiro atoms. The van der Waals surface area contributed by atoms with E-state index >= 15 is 0 Å². The largest absolute Gasteiger partial charge is 0.481 e. The maximum Gasteiger partial charge on any atom is 0.388 e.